The molecule has 2 aromatic rings. The lowest BCUT2D eigenvalue weighted by Gasteiger charge is -2.21. The highest BCUT2D eigenvalue weighted by Crippen LogP contribution is 2.40. The molecule has 0 radical (unpaired) electrons. The molecule has 7 heteroatoms. The summed E-state index contributed by atoms with van der Waals surface area (Å²) >= 11 is 0. The molecule has 1 aliphatic carbocycles. The number of nitrogens with zero attached hydrogens (tertiary/aromatic N) is 2. The van der Waals surface area contributed by atoms with Crippen molar-refractivity contribution >= 4 is 41.6 Å². The molecule has 0 spiro atoms. The zero-order valence-electron chi connectivity index (χ0n) is 13.8. The Kier molecular flexibility index (Phi) is 6.60. The first-order valence-electron chi connectivity index (χ1n) is 8.32. The summed E-state index contributed by atoms with van der Waals surface area (Å²) in [5, 5.41) is 3.93. The SMILES string of the molecule is Cl.Cl.O=C(c1cc(C2CC2)nc2ccc(F)cc12)N1CCCNCC1. The Morgan fingerprint density at radius 1 is 1.16 bits per heavy atom. The zero-order chi connectivity index (χ0) is 15.8. The third kappa shape index (κ3) is 4.22. The van der Waals surface area contributed by atoms with Gasteiger partial charge >= 0.3 is 0 Å². The molecule has 25 heavy (non-hydrogen) atoms. The monoisotopic (exact) mass is 385 g/mol. The van der Waals surface area contributed by atoms with Crippen LogP contribution in [0.15, 0.2) is 24.3 Å². The molecule has 1 aromatic heterocycles. The van der Waals surface area contributed by atoms with Crippen molar-refractivity contribution in [3.63, 3.8) is 0 Å². The molecule has 1 N–H and O–H groups in total. The molecule has 1 saturated carbocycles. The summed E-state index contributed by atoms with van der Waals surface area (Å²) < 4.78 is 13.7. The lowest BCUT2D eigenvalue weighted by atomic mass is 10.0. The number of amides is 1. The minimum atomic E-state index is -0.329. The van der Waals surface area contributed by atoms with Crippen molar-refractivity contribution in [3.8, 4) is 0 Å². The molecule has 4 rings (SSSR count). The minimum absolute atomic E-state index is 0. The van der Waals surface area contributed by atoms with Crippen LogP contribution in [0.1, 0.15) is 41.2 Å². The van der Waals surface area contributed by atoms with Crippen LogP contribution in [0.25, 0.3) is 10.9 Å². The number of aromatic nitrogens is 1. The average Bonchev–Trinajstić information content (AvgIpc) is 3.39. The lowest BCUT2D eigenvalue weighted by Crippen LogP contribution is -2.34. The van der Waals surface area contributed by atoms with Gasteiger partial charge in [-0.15, -0.1) is 24.8 Å². The van der Waals surface area contributed by atoms with Crippen molar-refractivity contribution in [1.29, 1.82) is 0 Å². The number of hydrogen-bond donors (Lipinski definition) is 1. The first-order valence-corrected chi connectivity index (χ1v) is 8.32. The van der Waals surface area contributed by atoms with Crippen LogP contribution in [0.3, 0.4) is 0 Å². The van der Waals surface area contributed by atoms with Crippen molar-refractivity contribution in [3.05, 3.63) is 41.3 Å². The molecule has 2 heterocycles. The second-order valence-electron chi connectivity index (χ2n) is 6.43. The Morgan fingerprint density at radius 2 is 1.96 bits per heavy atom. The van der Waals surface area contributed by atoms with Crippen LogP contribution in [0.2, 0.25) is 0 Å². The van der Waals surface area contributed by atoms with Gasteiger partial charge in [0.1, 0.15) is 5.82 Å². The average molecular weight is 386 g/mol. The highest BCUT2D eigenvalue weighted by Gasteiger charge is 2.28. The summed E-state index contributed by atoms with van der Waals surface area (Å²) in [5.41, 5.74) is 2.28. The summed E-state index contributed by atoms with van der Waals surface area (Å²) in [6, 6.07) is 6.41. The summed E-state index contributed by atoms with van der Waals surface area (Å²) in [6.45, 7) is 3.17. The van der Waals surface area contributed by atoms with Gasteiger partial charge in [0.05, 0.1) is 11.1 Å². The fourth-order valence-corrected chi connectivity index (χ4v) is 3.20. The first-order chi connectivity index (χ1) is 11.2. The second kappa shape index (κ2) is 8.30. The molecular weight excluding hydrogens is 364 g/mol. The molecule has 1 aromatic carbocycles. The van der Waals surface area contributed by atoms with Crippen LogP contribution in [0.4, 0.5) is 4.39 Å². The van der Waals surface area contributed by atoms with Gasteiger partial charge in [0.25, 0.3) is 5.91 Å². The summed E-state index contributed by atoms with van der Waals surface area (Å²) in [4.78, 5) is 19.5. The summed E-state index contributed by atoms with van der Waals surface area (Å²) in [7, 11) is 0. The highest BCUT2D eigenvalue weighted by atomic mass is 35.5. The largest absolute Gasteiger partial charge is 0.337 e. The van der Waals surface area contributed by atoms with Crippen molar-refractivity contribution in [2.75, 3.05) is 26.2 Å². The van der Waals surface area contributed by atoms with E-state index < -0.39 is 0 Å². The normalized spacial score (nSPS) is 17.4. The van der Waals surface area contributed by atoms with Gasteiger partial charge in [0, 0.05) is 36.6 Å². The Morgan fingerprint density at radius 3 is 2.72 bits per heavy atom. The third-order valence-corrected chi connectivity index (χ3v) is 4.64. The van der Waals surface area contributed by atoms with Crippen LogP contribution in [-0.2, 0) is 0 Å². The number of hydrogen-bond acceptors (Lipinski definition) is 3. The molecule has 1 aliphatic heterocycles. The maximum atomic E-state index is 13.7. The van der Waals surface area contributed by atoms with Crippen LogP contribution in [0.5, 0.6) is 0 Å². The quantitative estimate of drug-likeness (QED) is 0.859. The van der Waals surface area contributed by atoms with Crippen molar-refractivity contribution in [1.82, 2.24) is 15.2 Å². The summed E-state index contributed by atoms with van der Waals surface area (Å²) in [5.74, 6) is 0.125. The van der Waals surface area contributed by atoms with E-state index in [4.69, 9.17) is 0 Å². The van der Waals surface area contributed by atoms with Gasteiger partial charge in [0.15, 0.2) is 0 Å². The van der Waals surface area contributed by atoms with Gasteiger partial charge in [-0.05, 0) is 50.1 Å². The van der Waals surface area contributed by atoms with Crippen molar-refractivity contribution in [2.24, 2.45) is 0 Å². The predicted octanol–water partition coefficient (Wildman–Crippen LogP) is 3.53. The number of carbonyl (C=O) groups excluding carboxylic acids is 1. The number of fused-ring (bicyclic) bond motifs is 1. The Bertz CT molecular complexity index is 759. The molecule has 0 atom stereocenters. The Labute approximate surface area is 159 Å². The Balaban J connectivity index is 0.00000113. The molecule has 136 valence electrons. The lowest BCUT2D eigenvalue weighted by molar-refractivity contribution is 0.0768. The van der Waals surface area contributed by atoms with E-state index >= 15 is 0 Å². The molecule has 1 amide bonds. The molecule has 2 fully saturated rings. The van der Waals surface area contributed by atoms with E-state index in [0.29, 0.717) is 28.9 Å². The topological polar surface area (TPSA) is 45.2 Å². The number of benzene rings is 1. The van der Waals surface area contributed by atoms with E-state index in [-0.39, 0.29) is 36.5 Å². The van der Waals surface area contributed by atoms with E-state index in [1.54, 1.807) is 6.07 Å². The van der Waals surface area contributed by atoms with E-state index in [0.717, 1.165) is 44.6 Å². The van der Waals surface area contributed by atoms with Crippen molar-refractivity contribution < 1.29 is 9.18 Å². The maximum absolute atomic E-state index is 13.7. The predicted molar refractivity (Wildman–Crippen MR) is 102 cm³/mol. The molecule has 4 nitrogen and oxygen atoms in total. The first kappa shape index (κ1) is 19.9. The van der Waals surface area contributed by atoms with Gasteiger partial charge in [-0.3, -0.25) is 9.78 Å². The van der Waals surface area contributed by atoms with Gasteiger partial charge < -0.3 is 10.2 Å². The van der Waals surface area contributed by atoms with E-state index in [2.05, 4.69) is 10.3 Å². The van der Waals surface area contributed by atoms with Crippen molar-refractivity contribution in [2.45, 2.75) is 25.2 Å². The van der Waals surface area contributed by atoms with Gasteiger partial charge in [-0.25, -0.2) is 4.39 Å². The standard InChI is InChI=1S/C18H20FN3O.2ClH/c19-13-4-5-16-14(10-13)15(11-17(21-16)12-2-3-12)18(23)22-8-1-6-20-7-9-22;;/h4-5,10-12,20H,1-3,6-9H2;2*1H. The number of pyridine rings is 1. The minimum Gasteiger partial charge on any atom is -0.337 e. The van der Waals surface area contributed by atoms with E-state index in [1.807, 2.05) is 11.0 Å². The molecule has 2 aliphatic rings. The third-order valence-electron chi connectivity index (χ3n) is 4.64. The molecule has 1 saturated heterocycles. The van der Waals surface area contributed by atoms with E-state index in [1.165, 1.54) is 12.1 Å². The van der Waals surface area contributed by atoms with E-state index in [9.17, 15) is 9.18 Å². The fraction of sp³-hybridized carbons (Fsp3) is 0.444. The maximum Gasteiger partial charge on any atom is 0.254 e. The number of rotatable bonds is 2. The van der Waals surface area contributed by atoms with Crippen LogP contribution in [0, 0.1) is 5.82 Å². The number of nitrogens with one attached hydrogen (secondary N) is 1. The van der Waals surface area contributed by atoms with Gasteiger partial charge in [0.2, 0.25) is 0 Å². The molecule has 0 unspecified atom stereocenters. The molecule has 0 bridgehead atoms. The van der Waals surface area contributed by atoms with Crippen LogP contribution < -0.4 is 5.32 Å². The number of carbonyl (C=O) groups is 1. The van der Waals surface area contributed by atoms with Crippen LogP contribution in [-0.4, -0.2) is 42.0 Å². The summed E-state index contributed by atoms with van der Waals surface area (Å²) in [6.07, 6.45) is 3.19. The highest BCUT2D eigenvalue weighted by molar-refractivity contribution is 6.06. The number of halogens is 3. The zero-order valence-corrected chi connectivity index (χ0v) is 15.5. The molecular formula is C18H22Cl2FN3O. The van der Waals surface area contributed by atoms with Gasteiger partial charge in [-0.1, -0.05) is 0 Å². The van der Waals surface area contributed by atoms with Crippen LogP contribution >= 0.6 is 24.8 Å². The van der Waals surface area contributed by atoms with Gasteiger partial charge in [-0.2, -0.15) is 0 Å². The Hall–Kier alpha value is -1.43. The second-order valence-corrected chi connectivity index (χ2v) is 6.43. The fourth-order valence-electron chi connectivity index (χ4n) is 3.20. The smallest absolute Gasteiger partial charge is 0.254 e.